The van der Waals surface area contributed by atoms with E-state index in [9.17, 15) is 9.59 Å². The minimum atomic E-state index is -0.558. The van der Waals surface area contributed by atoms with Crippen LogP contribution in [0.1, 0.15) is 49.2 Å². The van der Waals surface area contributed by atoms with Crippen molar-refractivity contribution in [1.29, 1.82) is 0 Å². The molecule has 0 saturated carbocycles. The lowest BCUT2D eigenvalue weighted by atomic mass is 9.91. The summed E-state index contributed by atoms with van der Waals surface area (Å²) in [5.74, 6) is -0.297. The summed E-state index contributed by atoms with van der Waals surface area (Å²) in [5.41, 5.74) is 2.52. The summed E-state index contributed by atoms with van der Waals surface area (Å²) in [6.07, 6.45) is 0.929. The normalized spacial score (nSPS) is 19.0. The number of carbonyl (C=O) groups excluding carboxylic acids is 2. The second-order valence-electron chi connectivity index (χ2n) is 8.71. The lowest BCUT2D eigenvalue weighted by Crippen LogP contribution is -2.39. The van der Waals surface area contributed by atoms with Crippen LogP contribution in [0.15, 0.2) is 54.6 Å². The number of anilines is 1. The zero-order chi connectivity index (χ0) is 21.3. The number of hydrogen-bond donors (Lipinski definition) is 3. The van der Waals surface area contributed by atoms with Crippen molar-refractivity contribution in [2.45, 2.75) is 44.8 Å². The van der Waals surface area contributed by atoms with Crippen LogP contribution in [0.2, 0.25) is 0 Å². The maximum absolute atomic E-state index is 12.9. The molecule has 0 unspecified atom stereocenters. The van der Waals surface area contributed by atoms with Crippen LogP contribution in [-0.4, -0.2) is 35.0 Å². The van der Waals surface area contributed by atoms with Crippen LogP contribution in [0.3, 0.4) is 0 Å². The van der Waals surface area contributed by atoms with Crippen molar-refractivity contribution in [3.8, 4) is 0 Å². The first-order chi connectivity index (χ1) is 14.3. The Hall–Kier alpha value is -3.12. The Morgan fingerprint density at radius 2 is 1.83 bits per heavy atom. The molecule has 6 heteroatoms. The molecule has 1 saturated heterocycles. The Balaban J connectivity index is 1.49. The molecule has 0 radical (unpaired) electrons. The average Bonchev–Trinajstić information content (AvgIpc) is 3.34. The van der Waals surface area contributed by atoms with Crippen LogP contribution in [0.5, 0.6) is 0 Å². The van der Waals surface area contributed by atoms with Gasteiger partial charge in [-0.15, -0.1) is 0 Å². The molecule has 4 rings (SSSR count). The van der Waals surface area contributed by atoms with Crippen molar-refractivity contribution < 1.29 is 14.3 Å². The van der Waals surface area contributed by atoms with Crippen molar-refractivity contribution in [2.24, 2.45) is 0 Å². The standard InChI is InChI=1S/C24H27N3O3/c1-24(2,3)30-23(29)20-14-16-13-17(9-10-19(16)27-20)26-22(28)21-18(11-12-25-21)15-7-5-4-6-8-15/h4-10,13-14,18,21,25,27H,11-12H2,1-3H3,(H,26,28)/t18-,21+/m0/s1. The Kier molecular flexibility index (Phi) is 5.35. The van der Waals surface area contributed by atoms with Crippen molar-refractivity contribution >= 4 is 28.5 Å². The summed E-state index contributed by atoms with van der Waals surface area (Å²) in [6.45, 7) is 6.32. The van der Waals surface area contributed by atoms with Crippen molar-refractivity contribution in [3.63, 3.8) is 0 Å². The number of rotatable bonds is 4. The molecule has 0 bridgehead atoms. The number of esters is 1. The van der Waals surface area contributed by atoms with E-state index in [0.717, 1.165) is 23.9 Å². The van der Waals surface area contributed by atoms with Crippen molar-refractivity contribution in [3.05, 3.63) is 65.9 Å². The smallest absolute Gasteiger partial charge is 0.355 e. The van der Waals surface area contributed by atoms with Gasteiger partial charge >= 0.3 is 5.97 Å². The van der Waals surface area contributed by atoms with Gasteiger partial charge in [0, 0.05) is 22.5 Å². The first-order valence-electron chi connectivity index (χ1n) is 10.3. The van der Waals surface area contributed by atoms with Gasteiger partial charge in [0.05, 0.1) is 6.04 Å². The van der Waals surface area contributed by atoms with E-state index in [1.165, 1.54) is 5.56 Å². The molecule has 30 heavy (non-hydrogen) atoms. The van der Waals surface area contributed by atoms with Crippen LogP contribution in [0.4, 0.5) is 5.69 Å². The fourth-order valence-corrected chi connectivity index (χ4v) is 3.91. The Morgan fingerprint density at radius 3 is 2.57 bits per heavy atom. The van der Waals surface area contributed by atoms with Gasteiger partial charge in [-0.2, -0.15) is 0 Å². The number of carbonyl (C=O) groups is 2. The highest BCUT2D eigenvalue weighted by atomic mass is 16.6. The number of hydrogen-bond acceptors (Lipinski definition) is 4. The quantitative estimate of drug-likeness (QED) is 0.568. The molecule has 1 aliphatic heterocycles. The lowest BCUT2D eigenvalue weighted by Gasteiger charge is -2.19. The molecule has 3 aromatic rings. The van der Waals surface area contributed by atoms with Crippen LogP contribution in [0, 0.1) is 0 Å². The van der Waals surface area contributed by atoms with E-state index in [4.69, 9.17) is 4.74 Å². The number of aromatic nitrogens is 1. The topological polar surface area (TPSA) is 83.2 Å². The maximum Gasteiger partial charge on any atom is 0.355 e. The lowest BCUT2D eigenvalue weighted by molar-refractivity contribution is -0.118. The number of H-pyrrole nitrogens is 1. The first kappa shape index (κ1) is 20.2. The first-order valence-corrected chi connectivity index (χ1v) is 10.3. The number of nitrogens with one attached hydrogen (secondary N) is 3. The third-order valence-electron chi connectivity index (χ3n) is 5.24. The van der Waals surface area contributed by atoms with Gasteiger partial charge in [0.25, 0.3) is 0 Å². The van der Waals surface area contributed by atoms with Gasteiger partial charge in [-0.05, 0) is 63.6 Å². The van der Waals surface area contributed by atoms with Crippen molar-refractivity contribution in [1.82, 2.24) is 10.3 Å². The molecule has 0 spiro atoms. The highest BCUT2D eigenvalue weighted by Crippen LogP contribution is 2.29. The molecule has 6 nitrogen and oxygen atoms in total. The largest absolute Gasteiger partial charge is 0.455 e. The highest BCUT2D eigenvalue weighted by molar-refractivity contribution is 5.99. The summed E-state index contributed by atoms with van der Waals surface area (Å²) in [6, 6.07) is 17.2. The number of amides is 1. The molecule has 3 N–H and O–H groups in total. The van der Waals surface area contributed by atoms with Crippen molar-refractivity contribution in [2.75, 3.05) is 11.9 Å². The minimum Gasteiger partial charge on any atom is -0.455 e. The molecule has 1 aliphatic rings. The molecular weight excluding hydrogens is 378 g/mol. The van der Waals surface area contributed by atoms with Gasteiger partial charge in [0.1, 0.15) is 11.3 Å². The number of benzene rings is 2. The summed E-state index contributed by atoms with van der Waals surface area (Å²) in [7, 11) is 0. The monoisotopic (exact) mass is 405 g/mol. The van der Waals surface area contributed by atoms with E-state index in [1.807, 2.05) is 57.2 Å². The third-order valence-corrected chi connectivity index (χ3v) is 5.24. The Morgan fingerprint density at radius 1 is 1.07 bits per heavy atom. The van der Waals surface area contributed by atoms with E-state index in [0.29, 0.717) is 11.4 Å². The highest BCUT2D eigenvalue weighted by Gasteiger charge is 2.33. The molecule has 156 valence electrons. The SMILES string of the molecule is CC(C)(C)OC(=O)c1cc2cc(NC(=O)[C@@H]3NCC[C@H]3c3ccccc3)ccc2[nH]1. The van der Waals surface area contributed by atoms with Crippen LogP contribution >= 0.6 is 0 Å². The number of ether oxygens (including phenoxy) is 1. The average molecular weight is 405 g/mol. The maximum atomic E-state index is 12.9. The van der Waals surface area contributed by atoms with Gasteiger partial charge in [0.2, 0.25) is 5.91 Å². The molecule has 1 fully saturated rings. The Labute approximate surface area is 176 Å². The van der Waals surface area contributed by atoms with E-state index in [-0.39, 0.29) is 17.9 Å². The van der Waals surface area contributed by atoms with Gasteiger partial charge in [-0.3, -0.25) is 4.79 Å². The molecule has 0 aliphatic carbocycles. The summed E-state index contributed by atoms with van der Waals surface area (Å²) < 4.78 is 5.42. The van der Waals surface area contributed by atoms with Gasteiger partial charge < -0.3 is 20.4 Å². The zero-order valence-electron chi connectivity index (χ0n) is 17.5. The third kappa shape index (κ3) is 4.39. The van der Waals surface area contributed by atoms with E-state index >= 15 is 0 Å². The fraction of sp³-hybridized carbons (Fsp3) is 0.333. The van der Waals surface area contributed by atoms with Crippen LogP contribution in [-0.2, 0) is 9.53 Å². The second kappa shape index (κ2) is 7.95. The fourth-order valence-electron chi connectivity index (χ4n) is 3.91. The van der Waals surface area contributed by atoms with E-state index < -0.39 is 11.6 Å². The van der Waals surface area contributed by atoms with Gasteiger partial charge in [0.15, 0.2) is 0 Å². The molecule has 1 aromatic heterocycles. The minimum absolute atomic E-state index is 0.0522. The predicted molar refractivity (Wildman–Crippen MR) is 118 cm³/mol. The van der Waals surface area contributed by atoms with E-state index in [1.54, 1.807) is 6.07 Å². The van der Waals surface area contributed by atoms with Crippen LogP contribution < -0.4 is 10.6 Å². The second-order valence-corrected chi connectivity index (χ2v) is 8.71. The molecule has 1 amide bonds. The predicted octanol–water partition coefficient (Wildman–Crippen LogP) is 4.21. The molecule has 2 atom stereocenters. The summed E-state index contributed by atoms with van der Waals surface area (Å²) in [4.78, 5) is 28.3. The van der Waals surface area contributed by atoms with E-state index in [2.05, 4.69) is 27.8 Å². The van der Waals surface area contributed by atoms with Gasteiger partial charge in [-0.1, -0.05) is 30.3 Å². The molecule has 2 aromatic carbocycles. The summed E-state index contributed by atoms with van der Waals surface area (Å²) >= 11 is 0. The molecular formula is C24H27N3O3. The number of aromatic amines is 1. The zero-order valence-corrected chi connectivity index (χ0v) is 17.5. The Bertz CT molecular complexity index is 1070. The van der Waals surface area contributed by atoms with Gasteiger partial charge in [-0.25, -0.2) is 4.79 Å². The van der Waals surface area contributed by atoms with Crippen LogP contribution in [0.25, 0.3) is 10.9 Å². The number of fused-ring (bicyclic) bond motifs is 1. The molecule has 2 heterocycles. The summed E-state index contributed by atoms with van der Waals surface area (Å²) in [5, 5.41) is 7.19.